The number of hydrogen-bond acceptors (Lipinski definition) is 4. The summed E-state index contributed by atoms with van der Waals surface area (Å²) in [5, 5.41) is 22.1. The molecule has 0 aliphatic heterocycles. The Balaban J connectivity index is 0.00000166. The molecular formula is C35H42O4-2. The van der Waals surface area contributed by atoms with E-state index in [1.54, 1.807) is 24.3 Å². The number of carboxylic acid groups (broad SMARTS) is 2. The maximum atomic E-state index is 11.1. The van der Waals surface area contributed by atoms with Crippen LogP contribution in [-0.4, -0.2) is 11.9 Å². The van der Waals surface area contributed by atoms with Gasteiger partial charge in [-0.15, -0.1) is 0 Å². The minimum absolute atomic E-state index is 0.122. The Morgan fingerprint density at radius 2 is 0.641 bits per heavy atom. The Morgan fingerprint density at radius 1 is 0.410 bits per heavy atom. The average molecular weight is 527 g/mol. The second kappa shape index (κ2) is 19.0. The third-order valence-electron chi connectivity index (χ3n) is 5.23. The molecule has 0 atom stereocenters. The zero-order valence-corrected chi connectivity index (χ0v) is 24.8. The lowest BCUT2D eigenvalue weighted by atomic mass is 9.92. The summed E-state index contributed by atoms with van der Waals surface area (Å²) in [5.41, 5.74) is 7.03. The van der Waals surface area contributed by atoms with Crippen LogP contribution >= 0.6 is 0 Å². The summed E-state index contributed by atoms with van der Waals surface area (Å²) >= 11 is 0. The van der Waals surface area contributed by atoms with Gasteiger partial charge in [0.25, 0.3) is 0 Å². The zero-order valence-electron chi connectivity index (χ0n) is 24.8. The summed E-state index contributed by atoms with van der Waals surface area (Å²) in [6.45, 7) is 18.0. The Labute approximate surface area is 235 Å². The topological polar surface area (TPSA) is 80.3 Å². The van der Waals surface area contributed by atoms with Gasteiger partial charge in [0.2, 0.25) is 0 Å². The first-order chi connectivity index (χ1) is 18.9. The molecule has 0 aromatic heterocycles. The fraction of sp³-hybridized carbons (Fsp3) is 0.257. The Kier molecular flexibility index (Phi) is 16.9. The Bertz CT molecular complexity index is 1180. The molecule has 0 heterocycles. The number of hydrogen-bond donors (Lipinski definition) is 0. The maximum Gasteiger partial charge on any atom is 0.0715 e. The first kappa shape index (κ1) is 34.8. The van der Waals surface area contributed by atoms with Crippen molar-refractivity contribution in [3.8, 4) is 33.4 Å². The lowest BCUT2D eigenvalue weighted by Crippen LogP contribution is -2.21. The Morgan fingerprint density at radius 3 is 0.872 bits per heavy atom. The van der Waals surface area contributed by atoms with Gasteiger partial charge in [0, 0.05) is 0 Å². The van der Waals surface area contributed by atoms with E-state index in [0.29, 0.717) is 0 Å². The molecule has 4 aromatic carbocycles. The van der Waals surface area contributed by atoms with Gasteiger partial charge < -0.3 is 19.8 Å². The lowest BCUT2D eigenvalue weighted by molar-refractivity contribution is -0.256. The van der Waals surface area contributed by atoms with E-state index in [-0.39, 0.29) is 11.1 Å². The molecule has 4 nitrogen and oxygen atoms in total. The summed E-state index contributed by atoms with van der Waals surface area (Å²) in [5.74, 6) is -2.43. The van der Waals surface area contributed by atoms with E-state index in [1.807, 2.05) is 80.5 Å². The number of carbonyl (C=O) groups excluding carboxylic acids is 2. The molecule has 0 aliphatic carbocycles. The number of rotatable bonds is 5. The van der Waals surface area contributed by atoms with Crippen LogP contribution < -0.4 is 10.2 Å². The summed E-state index contributed by atoms with van der Waals surface area (Å²) in [6.07, 6.45) is 0. The summed E-state index contributed by atoms with van der Waals surface area (Å²) in [4.78, 5) is 22.1. The van der Waals surface area contributed by atoms with Crippen LogP contribution in [0.15, 0.2) is 91.0 Å². The van der Waals surface area contributed by atoms with Crippen LogP contribution in [0, 0.1) is 6.92 Å². The molecule has 39 heavy (non-hydrogen) atoms. The average Bonchev–Trinajstić information content (AvgIpc) is 3.01. The maximum absolute atomic E-state index is 11.1. The van der Waals surface area contributed by atoms with Crippen LogP contribution in [0.2, 0.25) is 0 Å². The SMILES string of the molecule is CC.CC.CC.CC.Cc1ccc(-c2cc(-c3ccc(C(=O)[O-])cc3)cc(-c3ccc(C(=O)[O-])cc3)c2)cc1. The van der Waals surface area contributed by atoms with Crippen LogP contribution in [0.25, 0.3) is 33.4 Å². The van der Waals surface area contributed by atoms with E-state index in [1.165, 1.54) is 24.3 Å². The van der Waals surface area contributed by atoms with Crippen LogP contribution in [0.1, 0.15) is 81.7 Å². The van der Waals surface area contributed by atoms with Crippen molar-refractivity contribution < 1.29 is 19.8 Å². The fourth-order valence-electron chi connectivity index (χ4n) is 3.47. The summed E-state index contributed by atoms with van der Waals surface area (Å²) in [6, 6.07) is 27.4. The van der Waals surface area contributed by atoms with Crippen molar-refractivity contribution in [2.45, 2.75) is 62.3 Å². The zero-order chi connectivity index (χ0) is 30.0. The Hall–Kier alpha value is -4.18. The fourth-order valence-corrected chi connectivity index (χ4v) is 3.47. The number of aromatic carboxylic acids is 2. The predicted octanol–water partition coefficient (Wildman–Crippen LogP) is 7.83. The second-order valence-corrected chi connectivity index (χ2v) is 7.39. The molecular weight excluding hydrogens is 484 g/mol. The predicted molar refractivity (Wildman–Crippen MR) is 162 cm³/mol. The smallest absolute Gasteiger partial charge is 0.0715 e. The molecule has 208 valence electrons. The minimum atomic E-state index is -1.21. The molecule has 0 aliphatic rings. The minimum Gasteiger partial charge on any atom is -0.545 e. The highest BCUT2D eigenvalue weighted by Gasteiger charge is 2.08. The highest BCUT2D eigenvalue weighted by atomic mass is 16.4. The number of carboxylic acids is 2. The molecule has 0 unspecified atom stereocenters. The van der Waals surface area contributed by atoms with Crippen molar-refractivity contribution in [3.63, 3.8) is 0 Å². The van der Waals surface area contributed by atoms with Crippen molar-refractivity contribution in [2.75, 3.05) is 0 Å². The molecule has 4 rings (SSSR count). The molecule has 0 saturated carbocycles. The van der Waals surface area contributed by atoms with Crippen LogP contribution in [0.3, 0.4) is 0 Å². The van der Waals surface area contributed by atoms with E-state index < -0.39 is 11.9 Å². The van der Waals surface area contributed by atoms with Crippen molar-refractivity contribution in [1.29, 1.82) is 0 Å². The molecule has 0 bridgehead atoms. The highest BCUT2D eigenvalue weighted by Crippen LogP contribution is 2.33. The number of benzene rings is 4. The van der Waals surface area contributed by atoms with Gasteiger partial charge in [-0.1, -0.05) is 134 Å². The quantitative estimate of drug-likeness (QED) is 0.265. The molecule has 0 N–H and O–H groups in total. The van der Waals surface area contributed by atoms with E-state index in [4.69, 9.17) is 0 Å². The van der Waals surface area contributed by atoms with Crippen LogP contribution in [-0.2, 0) is 0 Å². The second-order valence-electron chi connectivity index (χ2n) is 7.39. The summed E-state index contributed by atoms with van der Waals surface area (Å²) < 4.78 is 0. The molecule has 4 aromatic rings. The molecule has 4 heteroatoms. The largest absolute Gasteiger partial charge is 0.545 e. The van der Waals surface area contributed by atoms with Gasteiger partial charge in [0.15, 0.2) is 0 Å². The third kappa shape index (κ3) is 10.2. The van der Waals surface area contributed by atoms with Gasteiger partial charge in [-0.05, 0) is 69.6 Å². The van der Waals surface area contributed by atoms with Crippen LogP contribution in [0.5, 0.6) is 0 Å². The van der Waals surface area contributed by atoms with E-state index >= 15 is 0 Å². The highest BCUT2D eigenvalue weighted by molar-refractivity contribution is 5.88. The van der Waals surface area contributed by atoms with Crippen molar-refractivity contribution >= 4 is 11.9 Å². The number of carbonyl (C=O) groups is 2. The van der Waals surface area contributed by atoms with E-state index in [0.717, 1.165) is 38.9 Å². The van der Waals surface area contributed by atoms with Crippen molar-refractivity contribution in [1.82, 2.24) is 0 Å². The van der Waals surface area contributed by atoms with Gasteiger partial charge in [0.05, 0.1) is 11.9 Å². The van der Waals surface area contributed by atoms with Gasteiger partial charge >= 0.3 is 0 Å². The van der Waals surface area contributed by atoms with Crippen molar-refractivity contribution in [2.24, 2.45) is 0 Å². The summed E-state index contributed by atoms with van der Waals surface area (Å²) in [7, 11) is 0. The van der Waals surface area contributed by atoms with Gasteiger partial charge in [-0.3, -0.25) is 0 Å². The monoisotopic (exact) mass is 526 g/mol. The molecule has 0 amide bonds. The third-order valence-corrected chi connectivity index (χ3v) is 5.23. The molecule has 0 saturated heterocycles. The first-order valence-electron chi connectivity index (χ1n) is 13.8. The lowest BCUT2D eigenvalue weighted by Gasteiger charge is -2.13. The van der Waals surface area contributed by atoms with E-state index in [2.05, 4.69) is 24.3 Å². The first-order valence-corrected chi connectivity index (χ1v) is 13.8. The molecule has 0 radical (unpaired) electrons. The van der Waals surface area contributed by atoms with Crippen LogP contribution in [0.4, 0.5) is 0 Å². The molecule has 0 spiro atoms. The van der Waals surface area contributed by atoms with Gasteiger partial charge in [-0.2, -0.15) is 0 Å². The normalized spacial score (nSPS) is 9.05. The van der Waals surface area contributed by atoms with Gasteiger partial charge in [-0.25, -0.2) is 0 Å². The number of aryl methyl sites for hydroxylation is 1. The standard InChI is InChI=1S/C27H20O4.4C2H6/c1-17-2-4-18(5-3-17)23-14-24(19-6-10-21(11-7-19)26(28)29)16-25(15-23)20-8-12-22(13-9-20)27(30)31;4*1-2/h2-16H,1H3,(H,28,29)(H,30,31);4*1-2H3/p-2. The van der Waals surface area contributed by atoms with Gasteiger partial charge in [0.1, 0.15) is 0 Å². The van der Waals surface area contributed by atoms with E-state index in [9.17, 15) is 19.8 Å². The molecule has 0 fully saturated rings. The van der Waals surface area contributed by atoms with Crippen molar-refractivity contribution in [3.05, 3.63) is 108 Å².